The molecule has 0 atom stereocenters. The summed E-state index contributed by atoms with van der Waals surface area (Å²) in [5.74, 6) is 0.773. The highest BCUT2D eigenvalue weighted by molar-refractivity contribution is 6.77. The molecule has 130 valence electrons. The van der Waals surface area contributed by atoms with Crippen molar-refractivity contribution in [2.45, 2.75) is 64.8 Å². The molecule has 0 saturated carbocycles. The smallest absolute Gasteiger partial charge is 0.201 e. The Kier molecular flexibility index (Phi) is 6.30. The van der Waals surface area contributed by atoms with E-state index in [1.165, 1.54) is 0 Å². The van der Waals surface area contributed by atoms with E-state index >= 15 is 0 Å². The Morgan fingerprint density at radius 1 is 0.875 bits per heavy atom. The van der Waals surface area contributed by atoms with E-state index in [1.807, 2.05) is 30.5 Å². The number of benzene rings is 1. The van der Waals surface area contributed by atoms with E-state index in [4.69, 9.17) is 9.41 Å². The summed E-state index contributed by atoms with van der Waals surface area (Å²) in [5.41, 5.74) is 3.76. The Morgan fingerprint density at radius 2 is 1.46 bits per heavy atom. The molecule has 0 aliphatic rings. The highest BCUT2D eigenvalue weighted by Gasteiger charge is 2.45. The van der Waals surface area contributed by atoms with Gasteiger partial charge in [-0.25, -0.2) is 9.97 Å². The first-order chi connectivity index (χ1) is 11.4. The molecule has 24 heavy (non-hydrogen) atoms. The first-order valence-corrected chi connectivity index (χ1v) is 11.0. The van der Waals surface area contributed by atoms with Crippen molar-refractivity contribution in [3.05, 3.63) is 48.4 Å². The van der Waals surface area contributed by atoms with E-state index in [1.54, 1.807) is 0 Å². The SMILES string of the molecule is CC(C)[Si](OCc1nccc(-c2ccccc2)n1)(C(C)C)C(C)C. The van der Waals surface area contributed by atoms with Gasteiger partial charge in [0.05, 0.1) is 12.3 Å². The van der Waals surface area contributed by atoms with Crippen LogP contribution in [0.25, 0.3) is 11.3 Å². The molecule has 0 bridgehead atoms. The maximum Gasteiger partial charge on any atom is 0.201 e. The molecule has 0 radical (unpaired) electrons. The Labute approximate surface area is 147 Å². The summed E-state index contributed by atoms with van der Waals surface area (Å²) in [4.78, 5) is 9.14. The predicted octanol–water partition coefficient (Wildman–Crippen LogP) is 5.84. The standard InChI is InChI=1S/C20H30N2OSi/c1-15(2)24(16(3)4,17(5)6)23-14-20-21-13-12-19(22-20)18-10-8-7-9-11-18/h7-13,15-17H,14H2,1-6H3. The van der Waals surface area contributed by atoms with Gasteiger partial charge in [-0.3, -0.25) is 0 Å². The third-order valence-electron chi connectivity index (χ3n) is 4.93. The number of rotatable bonds is 7. The van der Waals surface area contributed by atoms with Crippen LogP contribution < -0.4 is 0 Å². The van der Waals surface area contributed by atoms with Crippen LogP contribution in [0.2, 0.25) is 16.6 Å². The van der Waals surface area contributed by atoms with E-state index in [-0.39, 0.29) is 0 Å². The Bertz CT molecular complexity index is 619. The summed E-state index contributed by atoms with van der Waals surface area (Å²) >= 11 is 0. The van der Waals surface area contributed by atoms with Gasteiger partial charge in [-0.15, -0.1) is 0 Å². The van der Waals surface area contributed by atoms with Crippen molar-refractivity contribution in [3.8, 4) is 11.3 Å². The second-order valence-corrected chi connectivity index (χ2v) is 12.8. The Hall–Kier alpha value is -1.52. The van der Waals surface area contributed by atoms with Gasteiger partial charge in [0.15, 0.2) is 5.82 Å². The topological polar surface area (TPSA) is 35.0 Å². The number of hydrogen-bond donors (Lipinski definition) is 0. The van der Waals surface area contributed by atoms with Crippen molar-refractivity contribution in [1.29, 1.82) is 0 Å². The minimum absolute atomic E-state index is 0.501. The summed E-state index contributed by atoms with van der Waals surface area (Å²) in [6.45, 7) is 14.3. The van der Waals surface area contributed by atoms with E-state index in [9.17, 15) is 0 Å². The molecule has 2 rings (SSSR count). The van der Waals surface area contributed by atoms with Gasteiger partial charge in [0, 0.05) is 11.8 Å². The van der Waals surface area contributed by atoms with Crippen LogP contribution in [0.3, 0.4) is 0 Å². The van der Waals surface area contributed by atoms with Crippen LogP contribution in [0.15, 0.2) is 42.6 Å². The zero-order chi connectivity index (χ0) is 17.7. The molecule has 1 aromatic heterocycles. The number of hydrogen-bond acceptors (Lipinski definition) is 3. The van der Waals surface area contributed by atoms with Gasteiger partial charge in [0.1, 0.15) is 0 Å². The summed E-state index contributed by atoms with van der Waals surface area (Å²) in [6.07, 6.45) is 1.83. The average Bonchev–Trinajstić information content (AvgIpc) is 2.55. The highest BCUT2D eigenvalue weighted by Crippen LogP contribution is 2.42. The van der Waals surface area contributed by atoms with Crippen molar-refractivity contribution in [1.82, 2.24) is 9.97 Å². The van der Waals surface area contributed by atoms with E-state index in [0.29, 0.717) is 23.2 Å². The fraction of sp³-hybridized carbons (Fsp3) is 0.500. The van der Waals surface area contributed by atoms with Crippen LogP contribution in [0.5, 0.6) is 0 Å². The Balaban J connectivity index is 2.22. The fourth-order valence-corrected chi connectivity index (χ4v) is 9.31. The van der Waals surface area contributed by atoms with Gasteiger partial charge >= 0.3 is 0 Å². The van der Waals surface area contributed by atoms with Crippen LogP contribution in [-0.2, 0) is 11.0 Å². The molecular formula is C20H30N2OSi. The molecule has 4 heteroatoms. The van der Waals surface area contributed by atoms with E-state index in [2.05, 4.69) is 58.7 Å². The minimum Gasteiger partial charge on any atom is -0.409 e. The lowest BCUT2D eigenvalue weighted by molar-refractivity contribution is 0.257. The molecule has 0 aliphatic carbocycles. The fourth-order valence-electron chi connectivity index (χ4n) is 3.93. The summed E-state index contributed by atoms with van der Waals surface area (Å²) in [7, 11) is -1.89. The van der Waals surface area contributed by atoms with Gasteiger partial charge < -0.3 is 4.43 Å². The quantitative estimate of drug-likeness (QED) is 0.593. The molecule has 1 heterocycles. The lowest BCUT2D eigenvalue weighted by Gasteiger charge is -2.41. The highest BCUT2D eigenvalue weighted by atomic mass is 28.4. The van der Waals surface area contributed by atoms with Crippen molar-refractivity contribution >= 4 is 8.32 Å². The van der Waals surface area contributed by atoms with Crippen LogP contribution in [-0.4, -0.2) is 18.3 Å². The third kappa shape index (κ3) is 3.93. The predicted molar refractivity (Wildman–Crippen MR) is 103 cm³/mol. The molecule has 1 aromatic carbocycles. The van der Waals surface area contributed by atoms with Crippen molar-refractivity contribution < 1.29 is 4.43 Å². The second-order valence-electron chi connectivity index (χ2n) is 7.33. The minimum atomic E-state index is -1.89. The number of nitrogens with zero attached hydrogens (tertiary/aromatic N) is 2. The van der Waals surface area contributed by atoms with Gasteiger partial charge in [-0.1, -0.05) is 71.9 Å². The van der Waals surface area contributed by atoms with Crippen LogP contribution in [0.1, 0.15) is 47.4 Å². The molecule has 0 unspecified atom stereocenters. The van der Waals surface area contributed by atoms with Crippen LogP contribution in [0.4, 0.5) is 0 Å². The molecule has 0 fully saturated rings. The van der Waals surface area contributed by atoms with Gasteiger partial charge in [0.25, 0.3) is 0 Å². The molecule has 0 aliphatic heterocycles. The maximum atomic E-state index is 6.60. The zero-order valence-corrected chi connectivity index (χ0v) is 16.8. The van der Waals surface area contributed by atoms with Gasteiger partial charge in [0.2, 0.25) is 8.32 Å². The average molecular weight is 343 g/mol. The number of aromatic nitrogens is 2. The first-order valence-electron chi connectivity index (χ1n) is 8.89. The maximum absolute atomic E-state index is 6.60. The molecule has 0 saturated heterocycles. The van der Waals surface area contributed by atoms with Crippen LogP contribution in [0, 0.1) is 0 Å². The Morgan fingerprint density at radius 3 is 2.00 bits per heavy atom. The monoisotopic (exact) mass is 342 g/mol. The second kappa shape index (κ2) is 8.04. The van der Waals surface area contributed by atoms with E-state index in [0.717, 1.165) is 17.1 Å². The summed E-state index contributed by atoms with van der Waals surface area (Å²) in [6, 6.07) is 12.2. The largest absolute Gasteiger partial charge is 0.409 e. The molecular weight excluding hydrogens is 312 g/mol. The summed E-state index contributed by atoms with van der Waals surface area (Å²) in [5, 5.41) is 0. The normalized spacial score (nSPS) is 12.4. The molecule has 0 amide bonds. The van der Waals surface area contributed by atoms with Crippen molar-refractivity contribution in [2.24, 2.45) is 0 Å². The van der Waals surface area contributed by atoms with Gasteiger partial charge in [-0.2, -0.15) is 0 Å². The first kappa shape index (κ1) is 18.8. The lowest BCUT2D eigenvalue weighted by atomic mass is 10.1. The third-order valence-corrected chi connectivity index (χ3v) is 11.0. The summed E-state index contributed by atoms with van der Waals surface area (Å²) < 4.78 is 6.60. The van der Waals surface area contributed by atoms with E-state index < -0.39 is 8.32 Å². The van der Waals surface area contributed by atoms with Gasteiger partial charge in [-0.05, 0) is 22.7 Å². The van der Waals surface area contributed by atoms with Crippen molar-refractivity contribution in [2.75, 3.05) is 0 Å². The van der Waals surface area contributed by atoms with Crippen molar-refractivity contribution in [3.63, 3.8) is 0 Å². The lowest BCUT2D eigenvalue weighted by Crippen LogP contribution is -2.47. The molecule has 2 aromatic rings. The molecule has 3 nitrogen and oxygen atoms in total. The van der Waals surface area contributed by atoms with Crippen LogP contribution >= 0.6 is 0 Å². The molecule has 0 N–H and O–H groups in total. The zero-order valence-electron chi connectivity index (χ0n) is 15.8. The molecule has 0 spiro atoms.